The van der Waals surface area contributed by atoms with Crippen LogP contribution in [0.25, 0.3) is 22.4 Å². The molecule has 3 heterocycles. The van der Waals surface area contributed by atoms with Gasteiger partial charge in [0.1, 0.15) is 5.69 Å². The number of carbonyl (C=O) groups excluding carboxylic acids is 1. The predicted octanol–water partition coefficient (Wildman–Crippen LogP) is 3.86. The Bertz CT molecular complexity index is 1310. The molecule has 4 aromatic rings. The molecule has 1 atom stereocenters. The van der Waals surface area contributed by atoms with Crippen LogP contribution in [-0.4, -0.2) is 37.4 Å². The van der Waals surface area contributed by atoms with Crippen molar-refractivity contribution >= 4 is 28.6 Å². The van der Waals surface area contributed by atoms with Crippen LogP contribution in [0, 0.1) is 6.92 Å². The Morgan fingerprint density at radius 2 is 2.00 bits per heavy atom. The minimum absolute atomic E-state index is 0.174. The van der Waals surface area contributed by atoms with Gasteiger partial charge in [-0.25, -0.2) is 4.98 Å². The lowest BCUT2D eigenvalue weighted by molar-refractivity contribution is 0.0935. The number of benzene rings is 1. The second-order valence-corrected chi connectivity index (χ2v) is 8.56. The van der Waals surface area contributed by atoms with E-state index in [1.165, 1.54) is 6.07 Å². The van der Waals surface area contributed by atoms with Gasteiger partial charge in [0.05, 0.1) is 17.3 Å². The van der Waals surface area contributed by atoms with Crippen LogP contribution in [-0.2, 0) is 7.05 Å². The highest BCUT2D eigenvalue weighted by atomic mass is 32.2. The standard InChI is InChI=1S/C24H25N5O2S/c1-15-22(16-8-4-5-10-20(16)29(15)2)24(31)27-17(11-13-32-3)19-14-21(30)28-23(26-19)18-9-6-7-12-25-18/h4-10,12,14,17H,11,13H2,1-3H3,(H,27,31)(H,26,28,30)/t17-/m1/s1. The number of nitrogens with zero attached hydrogens (tertiary/aromatic N) is 3. The molecular weight excluding hydrogens is 422 g/mol. The third-order valence-electron chi connectivity index (χ3n) is 5.57. The number of amides is 1. The molecule has 0 bridgehead atoms. The SMILES string of the molecule is CSCC[C@@H](NC(=O)c1c(C)n(C)c2ccccc12)c1cc(=O)[nH]c(-c2ccccn2)n1. The Hall–Kier alpha value is -3.39. The van der Waals surface area contributed by atoms with Gasteiger partial charge in [0.15, 0.2) is 5.82 Å². The number of aromatic nitrogens is 4. The Kier molecular flexibility index (Phi) is 6.41. The maximum absolute atomic E-state index is 13.4. The number of aryl methyl sites for hydroxylation is 1. The number of thioether (sulfide) groups is 1. The predicted molar refractivity (Wildman–Crippen MR) is 129 cm³/mol. The summed E-state index contributed by atoms with van der Waals surface area (Å²) in [5, 5.41) is 4.04. The lowest BCUT2D eigenvalue weighted by Crippen LogP contribution is -2.31. The summed E-state index contributed by atoms with van der Waals surface area (Å²) in [6.45, 7) is 1.94. The smallest absolute Gasteiger partial charge is 0.254 e. The van der Waals surface area contributed by atoms with Gasteiger partial charge < -0.3 is 14.9 Å². The topological polar surface area (TPSA) is 92.7 Å². The minimum atomic E-state index is -0.405. The molecule has 7 nitrogen and oxygen atoms in total. The fourth-order valence-electron chi connectivity index (χ4n) is 3.85. The van der Waals surface area contributed by atoms with Crippen LogP contribution < -0.4 is 10.9 Å². The number of hydrogen-bond donors (Lipinski definition) is 2. The zero-order valence-corrected chi connectivity index (χ0v) is 19.1. The number of pyridine rings is 1. The Morgan fingerprint density at radius 1 is 1.22 bits per heavy atom. The first kappa shape index (κ1) is 21.8. The molecule has 0 saturated heterocycles. The first-order valence-electron chi connectivity index (χ1n) is 10.4. The van der Waals surface area contributed by atoms with E-state index in [-0.39, 0.29) is 11.5 Å². The average molecular weight is 448 g/mol. The number of carbonyl (C=O) groups is 1. The van der Waals surface area contributed by atoms with Crippen LogP contribution >= 0.6 is 11.8 Å². The highest BCUT2D eigenvalue weighted by molar-refractivity contribution is 7.98. The maximum atomic E-state index is 13.4. The summed E-state index contributed by atoms with van der Waals surface area (Å²) in [7, 11) is 1.96. The molecular formula is C24H25N5O2S. The lowest BCUT2D eigenvalue weighted by atomic mass is 10.1. The highest BCUT2D eigenvalue weighted by Gasteiger charge is 2.23. The van der Waals surface area contributed by atoms with Gasteiger partial charge in [-0.05, 0) is 43.6 Å². The molecule has 0 saturated carbocycles. The van der Waals surface area contributed by atoms with Crippen molar-refractivity contribution in [2.24, 2.45) is 7.05 Å². The zero-order valence-electron chi connectivity index (χ0n) is 18.3. The first-order valence-corrected chi connectivity index (χ1v) is 11.8. The van der Waals surface area contributed by atoms with Gasteiger partial charge in [0.25, 0.3) is 11.5 Å². The summed E-state index contributed by atoms with van der Waals surface area (Å²) >= 11 is 1.68. The van der Waals surface area contributed by atoms with Gasteiger partial charge in [-0.1, -0.05) is 24.3 Å². The van der Waals surface area contributed by atoms with Crippen LogP contribution in [0.3, 0.4) is 0 Å². The number of para-hydroxylation sites is 1. The summed E-state index contributed by atoms with van der Waals surface area (Å²) in [6, 6.07) is 14.3. The van der Waals surface area contributed by atoms with E-state index >= 15 is 0 Å². The third-order valence-corrected chi connectivity index (χ3v) is 6.21. The molecule has 8 heteroatoms. The van der Waals surface area contributed by atoms with Crippen LogP contribution in [0.1, 0.15) is 34.2 Å². The quantitative estimate of drug-likeness (QED) is 0.449. The summed E-state index contributed by atoms with van der Waals surface area (Å²) in [5.74, 6) is 1.03. The number of nitrogens with one attached hydrogen (secondary N) is 2. The number of fused-ring (bicyclic) bond motifs is 1. The van der Waals surface area contributed by atoms with Crippen LogP contribution in [0.5, 0.6) is 0 Å². The van der Waals surface area contributed by atoms with Crippen molar-refractivity contribution in [1.29, 1.82) is 0 Å². The molecule has 3 aromatic heterocycles. The van der Waals surface area contributed by atoms with Crippen molar-refractivity contribution < 1.29 is 4.79 Å². The van der Waals surface area contributed by atoms with Crippen molar-refractivity contribution in [3.8, 4) is 11.5 Å². The van der Waals surface area contributed by atoms with Crippen molar-refractivity contribution in [1.82, 2.24) is 24.8 Å². The van der Waals surface area contributed by atoms with E-state index in [1.807, 2.05) is 55.1 Å². The molecule has 0 aliphatic carbocycles. The van der Waals surface area contributed by atoms with E-state index < -0.39 is 6.04 Å². The third kappa shape index (κ3) is 4.31. The second-order valence-electron chi connectivity index (χ2n) is 7.58. The summed E-state index contributed by atoms with van der Waals surface area (Å²) in [6.07, 6.45) is 4.31. The van der Waals surface area contributed by atoms with E-state index in [0.29, 0.717) is 29.2 Å². The molecule has 0 unspecified atom stereocenters. The molecule has 0 spiro atoms. The van der Waals surface area contributed by atoms with E-state index in [1.54, 1.807) is 30.1 Å². The van der Waals surface area contributed by atoms with Crippen LogP contribution in [0.15, 0.2) is 59.5 Å². The Labute approximate surface area is 190 Å². The average Bonchev–Trinajstić information content (AvgIpc) is 3.07. The van der Waals surface area contributed by atoms with Crippen molar-refractivity contribution in [2.45, 2.75) is 19.4 Å². The Balaban J connectivity index is 1.72. The van der Waals surface area contributed by atoms with Gasteiger partial charge in [0.2, 0.25) is 0 Å². The molecule has 0 fully saturated rings. The maximum Gasteiger partial charge on any atom is 0.254 e. The highest BCUT2D eigenvalue weighted by Crippen LogP contribution is 2.26. The molecule has 4 rings (SSSR count). The normalized spacial score (nSPS) is 12.1. The monoisotopic (exact) mass is 447 g/mol. The fraction of sp³-hybridized carbons (Fsp3) is 0.250. The van der Waals surface area contributed by atoms with E-state index in [9.17, 15) is 9.59 Å². The van der Waals surface area contributed by atoms with E-state index in [4.69, 9.17) is 0 Å². The van der Waals surface area contributed by atoms with E-state index in [0.717, 1.165) is 22.3 Å². The van der Waals surface area contributed by atoms with Gasteiger partial charge in [-0.15, -0.1) is 0 Å². The lowest BCUT2D eigenvalue weighted by Gasteiger charge is -2.19. The molecule has 164 valence electrons. The molecule has 0 aliphatic heterocycles. The van der Waals surface area contributed by atoms with E-state index in [2.05, 4.69) is 20.3 Å². The molecule has 32 heavy (non-hydrogen) atoms. The van der Waals surface area contributed by atoms with Gasteiger partial charge >= 0.3 is 0 Å². The summed E-state index contributed by atoms with van der Waals surface area (Å²) in [4.78, 5) is 37.5. The van der Waals surface area contributed by atoms with Gasteiger partial charge in [0, 0.05) is 35.9 Å². The molecule has 0 radical (unpaired) electrons. The fourth-order valence-corrected chi connectivity index (χ4v) is 4.32. The zero-order chi connectivity index (χ0) is 22.7. The number of aromatic amines is 1. The van der Waals surface area contributed by atoms with Crippen molar-refractivity contribution in [3.05, 3.63) is 82.0 Å². The largest absolute Gasteiger partial charge is 0.347 e. The van der Waals surface area contributed by atoms with Crippen LogP contribution in [0.2, 0.25) is 0 Å². The van der Waals surface area contributed by atoms with Crippen molar-refractivity contribution in [3.63, 3.8) is 0 Å². The first-order chi connectivity index (χ1) is 15.5. The number of hydrogen-bond acceptors (Lipinski definition) is 5. The minimum Gasteiger partial charge on any atom is -0.347 e. The molecule has 0 aliphatic rings. The van der Waals surface area contributed by atoms with Gasteiger partial charge in [-0.3, -0.25) is 14.6 Å². The number of H-pyrrole nitrogens is 1. The van der Waals surface area contributed by atoms with Crippen LogP contribution in [0.4, 0.5) is 0 Å². The number of rotatable bonds is 7. The summed E-state index contributed by atoms with van der Waals surface area (Å²) in [5.41, 5.74) is 3.36. The van der Waals surface area contributed by atoms with Crippen molar-refractivity contribution in [2.75, 3.05) is 12.0 Å². The summed E-state index contributed by atoms with van der Waals surface area (Å²) < 4.78 is 2.02. The molecule has 2 N–H and O–H groups in total. The molecule has 1 amide bonds. The van der Waals surface area contributed by atoms with Gasteiger partial charge in [-0.2, -0.15) is 11.8 Å². The Morgan fingerprint density at radius 3 is 2.75 bits per heavy atom. The second kappa shape index (κ2) is 9.40. The molecule has 1 aromatic carbocycles.